The van der Waals surface area contributed by atoms with Crippen LogP contribution in [0.2, 0.25) is 0 Å². The Balaban J connectivity index is 2.55. The number of hydrogen-bond acceptors (Lipinski definition) is 4. The molecule has 0 fully saturated rings. The molecule has 0 saturated heterocycles. The molecule has 1 aromatic carbocycles. The Morgan fingerprint density at radius 1 is 1.39 bits per heavy atom. The number of hydrogen-bond donors (Lipinski definition) is 1. The second kappa shape index (κ2) is 7.44. The van der Waals surface area contributed by atoms with E-state index in [1.807, 2.05) is 33.0 Å². The van der Waals surface area contributed by atoms with Crippen molar-refractivity contribution in [2.45, 2.75) is 37.8 Å². The Bertz CT molecular complexity index is 393. The molecule has 100 valence electrons. The second-order valence-electron chi connectivity index (χ2n) is 4.41. The lowest BCUT2D eigenvalue weighted by Crippen LogP contribution is -2.13. The van der Waals surface area contributed by atoms with Crippen LogP contribution in [0.4, 0.5) is 0 Å². The molecule has 1 rings (SSSR count). The summed E-state index contributed by atoms with van der Waals surface area (Å²) in [5.74, 6) is 0.192. The average Bonchev–Trinajstić information content (AvgIpc) is 2.35. The molecule has 1 unspecified atom stereocenters. The maximum atomic E-state index is 11.4. The fourth-order valence-corrected chi connectivity index (χ4v) is 2.23. The monoisotopic (exact) mass is 267 g/mol. The minimum absolute atomic E-state index is 0.0475. The molecule has 0 bridgehead atoms. The Morgan fingerprint density at radius 3 is 2.72 bits per heavy atom. The number of ether oxygens (including phenoxy) is 1. The molecule has 0 aliphatic rings. The second-order valence-corrected chi connectivity index (χ2v) is 5.46. The van der Waals surface area contributed by atoms with Crippen molar-refractivity contribution in [3.05, 3.63) is 29.8 Å². The summed E-state index contributed by atoms with van der Waals surface area (Å²) in [4.78, 5) is 12.5. The van der Waals surface area contributed by atoms with E-state index in [0.717, 1.165) is 4.90 Å². The van der Waals surface area contributed by atoms with Gasteiger partial charge in [-0.2, -0.15) is 0 Å². The number of esters is 1. The van der Waals surface area contributed by atoms with E-state index in [9.17, 15) is 4.79 Å². The third kappa shape index (κ3) is 5.10. The lowest BCUT2D eigenvalue weighted by molar-refractivity contribution is -0.144. The van der Waals surface area contributed by atoms with Crippen LogP contribution in [0.5, 0.6) is 0 Å². The van der Waals surface area contributed by atoms with Crippen LogP contribution in [0.3, 0.4) is 0 Å². The molecule has 0 aliphatic carbocycles. The first-order chi connectivity index (χ1) is 8.52. The maximum absolute atomic E-state index is 11.4. The highest BCUT2D eigenvalue weighted by atomic mass is 32.2. The Labute approximate surface area is 113 Å². The van der Waals surface area contributed by atoms with Gasteiger partial charge >= 0.3 is 5.97 Å². The van der Waals surface area contributed by atoms with Crippen LogP contribution in [0.25, 0.3) is 0 Å². The van der Waals surface area contributed by atoms with Gasteiger partial charge in [-0.05, 0) is 45.5 Å². The van der Waals surface area contributed by atoms with E-state index in [2.05, 4.69) is 24.4 Å². The molecule has 0 heterocycles. The summed E-state index contributed by atoms with van der Waals surface area (Å²) >= 11 is 1.51. The third-order valence-electron chi connectivity index (χ3n) is 2.51. The molecule has 1 atom stereocenters. The van der Waals surface area contributed by atoms with E-state index in [0.29, 0.717) is 11.8 Å². The van der Waals surface area contributed by atoms with Crippen molar-refractivity contribution < 1.29 is 9.53 Å². The normalized spacial score (nSPS) is 12.5. The first kappa shape index (κ1) is 15.1. The lowest BCUT2D eigenvalue weighted by atomic mass is 10.1. The van der Waals surface area contributed by atoms with Gasteiger partial charge < -0.3 is 10.1 Å². The quantitative estimate of drug-likeness (QED) is 0.635. The Kier molecular flexibility index (Phi) is 6.22. The zero-order valence-corrected chi connectivity index (χ0v) is 12.2. The van der Waals surface area contributed by atoms with Crippen molar-refractivity contribution in [2.75, 3.05) is 12.8 Å². The zero-order valence-electron chi connectivity index (χ0n) is 11.4. The topological polar surface area (TPSA) is 38.3 Å². The highest BCUT2D eigenvalue weighted by molar-refractivity contribution is 8.00. The van der Waals surface area contributed by atoms with Gasteiger partial charge in [0, 0.05) is 10.9 Å². The van der Waals surface area contributed by atoms with Gasteiger partial charge in [-0.15, -0.1) is 11.8 Å². The number of rotatable bonds is 6. The highest BCUT2D eigenvalue weighted by Crippen LogP contribution is 2.22. The summed E-state index contributed by atoms with van der Waals surface area (Å²) in [6, 6.07) is 8.53. The molecule has 0 spiro atoms. The minimum Gasteiger partial charge on any atom is -0.462 e. The van der Waals surface area contributed by atoms with Crippen molar-refractivity contribution in [2.24, 2.45) is 0 Å². The molecule has 0 aliphatic heterocycles. The number of benzene rings is 1. The first-order valence-electron chi connectivity index (χ1n) is 6.12. The van der Waals surface area contributed by atoms with Gasteiger partial charge in [-0.3, -0.25) is 4.79 Å². The van der Waals surface area contributed by atoms with E-state index in [1.54, 1.807) is 0 Å². The maximum Gasteiger partial charge on any atom is 0.316 e. The zero-order chi connectivity index (χ0) is 13.5. The predicted molar refractivity (Wildman–Crippen MR) is 75.9 cm³/mol. The molecule has 3 nitrogen and oxygen atoms in total. The standard InChI is InChI=1S/C14H21NO2S/c1-10(2)17-14(16)9-18-13-7-5-6-12(8-13)11(3)15-4/h5-8,10-11,15H,9H2,1-4H3. The molecular weight excluding hydrogens is 246 g/mol. The van der Waals surface area contributed by atoms with Crippen LogP contribution < -0.4 is 5.32 Å². The van der Waals surface area contributed by atoms with E-state index in [4.69, 9.17) is 4.74 Å². The molecule has 0 aromatic heterocycles. The highest BCUT2D eigenvalue weighted by Gasteiger charge is 2.08. The summed E-state index contributed by atoms with van der Waals surface area (Å²) in [5, 5.41) is 3.20. The van der Waals surface area contributed by atoms with E-state index in [-0.39, 0.29) is 12.1 Å². The summed E-state index contributed by atoms with van der Waals surface area (Å²) in [6.07, 6.45) is -0.0475. The van der Waals surface area contributed by atoms with Gasteiger partial charge in [0.15, 0.2) is 0 Å². The number of thioether (sulfide) groups is 1. The summed E-state index contributed by atoms with van der Waals surface area (Å²) in [7, 11) is 1.94. The first-order valence-corrected chi connectivity index (χ1v) is 7.11. The van der Waals surface area contributed by atoms with Crippen LogP contribution in [-0.2, 0) is 9.53 Å². The van der Waals surface area contributed by atoms with Crippen LogP contribution in [0, 0.1) is 0 Å². The number of carbonyl (C=O) groups excluding carboxylic acids is 1. The van der Waals surface area contributed by atoms with Gasteiger partial charge in [0.1, 0.15) is 0 Å². The van der Waals surface area contributed by atoms with Crippen molar-refractivity contribution in [1.29, 1.82) is 0 Å². The van der Waals surface area contributed by atoms with Gasteiger partial charge in [0.2, 0.25) is 0 Å². The van der Waals surface area contributed by atoms with Crippen LogP contribution in [0.15, 0.2) is 29.2 Å². The fraction of sp³-hybridized carbons (Fsp3) is 0.500. The summed E-state index contributed by atoms with van der Waals surface area (Å²) in [6.45, 7) is 5.83. The van der Waals surface area contributed by atoms with Crippen molar-refractivity contribution >= 4 is 17.7 Å². The Morgan fingerprint density at radius 2 is 2.11 bits per heavy atom. The minimum atomic E-state index is -0.165. The molecule has 0 amide bonds. The largest absolute Gasteiger partial charge is 0.462 e. The lowest BCUT2D eigenvalue weighted by Gasteiger charge is -2.12. The van der Waals surface area contributed by atoms with Gasteiger partial charge in [0.25, 0.3) is 0 Å². The van der Waals surface area contributed by atoms with Crippen LogP contribution in [-0.4, -0.2) is 24.9 Å². The summed E-state index contributed by atoms with van der Waals surface area (Å²) in [5.41, 5.74) is 1.22. The smallest absolute Gasteiger partial charge is 0.316 e. The van der Waals surface area contributed by atoms with Gasteiger partial charge in [0.05, 0.1) is 11.9 Å². The van der Waals surface area contributed by atoms with Crippen molar-refractivity contribution in [1.82, 2.24) is 5.32 Å². The number of carbonyl (C=O) groups is 1. The summed E-state index contributed by atoms with van der Waals surface area (Å²) < 4.78 is 5.10. The predicted octanol–water partition coefficient (Wildman–Crippen LogP) is 3.01. The van der Waals surface area contributed by atoms with Crippen LogP contribution in [0.1, 0.15) is 32.4 Å². The van der Waals surface area contributed by atoms with Crippen LogP contribution >= 0.6 is 11.8 Å². The fourth-order valence-electron chi connectivity index (χ4n) is 1.48. The van der Waals surface area contributed by atoms with E-state index >= 15 is 0 Å². The average molecular weight is 267 g/mol. The molecule has 4 heteroatoms. The van der Waals surface area contributed by atoms with Gasteiger partial charge in [-0.25, -0.2) is 0 Å². The molecule has 1 N–H and O–H groups in total. The van der Waals surface area contributed by atoms with Crippen molar-refractivity contribution in [3.8, 4) is 0 Å². The SMILES string of the molecule is CNC(C)c1cccc(SCC(=O)OC(C)C)c1. The molecular formula is C14H21NO2S. The van der Waals surface area contributed by atoms with E-state index < -0.39 is 0 Å². The van der Waals surface area contributed by atoms with Crippen molar-refractivity contribution in [3.63, 3.8) is 0 Å². The molecule has 1 aromatic rings. The Hall–Kier alpha value is -1.00. The molecule has 0 radical (unpaired) electrons. The molecule has 0 saturated carbocycles. The third-order valence-corrected chi connectivity index (χ3v) is 3.48. The van der Waals surface area contributed by atoms with E-state index in [1.165, 1.54) is 17.3 Å². The number of nitrogens with one attached hydrogen (secondary N) is 1. The van der Waals surface area contributed by atoms with Gasteiger partial charge in [-0.1, -0.05) is 12.1 Å². The molecule has 18 heavy (non-hydrogen) atoms.